The number of ether oxygens (including phenoxy) is 1. The highest BCUT2D eigenvalue weighted by Crippen LogP contribution is 2.25. The van der Waals surface area contributed by atoms with Gasteiger partial charge in [-0.2, -0.15) is 0 Å². The van der Waals surface area contributed by atoms with Gasteiger partial charge >= 0.3 is 0 Å². The fraction of sp³-hybridized carbons (Fsp3) is 0.364. The summed E-state index contributed by atoms with van der Waals surface area (Å²) in [5, 5.41) is 0. The highest BCUT2D eigenvalue weighted by Gasteiger charge is 2.09. The number of rotatable bonds is 4. The Morgan fingerprint density at radius 3 is 2.79 bits per heavy atom. The van der Waals surface area contributed by atoms with Crippen molar-refractivity contribution in [1.29, 1.82) is 0 Å². The van der Waals surface area contributed by atoms with Gasteiger partial charge in [0.15, 0.2) is 11.6 Å². The smallest absolute Gasteiger partial charge is 0.165 e. The number of hydrogen-bond donors (Lipinski definition) is 0. The maximum Gasteiger partial charge on any atom is 0.165 e. The van der Waals surface area contributed by atoms with Crippen molar-refractivity contribution in [3.8, 4) is 5.75 Å². The zero-order valence-corrected chi connectivity index (χ0v) is 8.34. The maximum atomic E-state index is 13.3. The monoisotopic (exact) mass is 196 g/mol. The molecule has 1 rings (SSSR count). The van der Waals surface area contributed by atoms with Gasteiger partial charge in [0.25, 0.3) is 0 Å². The molecule has 0 saturated carbocycles. The Labute approximate surface area is 82.7 Å². The predicted octanol–water partition coefficient (Wildman–Crippen LogP) is 2.27. The summed E-state index contributed by atoms with van der Waals surface area (Å²) < 4.78 is 18.3. The number of benzene rings is 1. The summed E-state index contributed by atoms with van der Waals surface area (Å²) in [7, 11) is 1.43. The van der Waals surface area contributed by atoms with E-state index in [2.05, 4.69) is 0 Å². The van der Waals surface area contributed by atoms with Crippen molar-refractivity contribution in [3.63, 3.8) is 0 Å². The molecule has 0 spiro atoms. The first-order chi connectivity index (χ1) is 6.69. The van der Waals surface area contributed by atoms with Crippen LogP contribution in [-0.2, 0) is 11.2 Å². The van der Waals surface area contributed by atoms with Crippen molar-refractivity contribution in [2.24, 2.45) is 0 Å². The lowest BCUT2D eigenvalue weighted by atomic mass is 10.1. The third-order valence-electron chi connectivity index (χ3n) is 2.00. The van der Waals surface area contributed by atoms with E-state index in [0.717, 1.165) is 17.4 Å². The zero-order chi connectivity index (χ0) is 10.6. The fourth-order valence-corrected chi connectivity index (χ4v) is 1.43. The normalized spacial score (nSPS) is 9.93. The van der Waals surface area contributed by atoms with Gasteiger partial charge in [-0.05, 0) is 30.5 Å². The first-order valence-corrected chi connectivity index (χ1v) is 4.45. The number of aryl methyl sites for hydroxylation is 2. The third kappa shape index (κ3) is 2.31. The molecular formula is C11H13FO2. The van der Waals surface area contributed by atoms with Crippen LogP contribution in [0.4, 0.5) is 4.39 Å². The Hall–Kier alpha value is -1.38. The third-order valence-corrected chi connectivity index (χ3v) is 2.00. The molecule has 3 heteroatoms. The number of methoxy groups -OCH3 is 1. The van der Waals surface area contributed by atoms with Gasteiger partial charge in [0.05, 0.1) is 7.11 Å². The van der Waals surface area contributed by atoms with E-state index in [-0.39, 0.29) is 11.6 Å². The highest BCUT2D eigenvalue weighted by atomic mass is 19.1. The molecule has 14 heavy (non-hydrogen) atoms. The minimum atomic E-state index is -0.367. The lowest BCUT2D eigenvalue weighted by Crippen LogP contribution is -1.97. The average molecular weight is 196 g/mol. The molecular weight excluding hydrogens is 183 g/mol. The van der Waals surface area contributed by atoms with Crippen LogP contribution in [0.3, 0.4) is 0 Å². The Morgan fingerprint density at radius 2 is 2.21 bits per heavy atom. The van der Waals surface area contributed by atoms with Crippen molar-refractivity contribution in [1.82, 2.24) is 0 Å². The molecule has 0 unspecified atom stereocenters. The molecule has 0 amide bonds. The highest BCUT2D eigenvalue weighted by molar-refractivity contribution is 5.51. The molecule has 0 radical (unpaired) electrons. The van der Waals surface area contributed by atoms with Crippen molar-refractivity contribution < 1.29 is 13.9 Å². The summed E-state index contributed by atoms with van der Waals surface area (Å²) in [6.45, 7) is 1.81. The molecule has 0 aliphatic rings. The molecule has 1 aromatic carbocycles. The van der Waals surface area contributed by atoms with Gasteiger partial charge in [0.1, 0.15) is 6.29 Å². The van der Waals surface area contributed by atoms with Crippen LogP contribution < -0.4 is 4.74 Å². The molecule has 76 valence electrons. The van der Waals surface area contributed by atoms with Gasteiger partial charge in [0, 0.05) is 6.42 Å². The van der Waals surface area contributed by atoms with Gasteiger partial charge < -0.3 is 9.53 Å². The Morgan fingerprint density at radius 1 is 1.50 bits per heavy atom. The van der Waals surface area contributed by atoms with E-state index in [4.69, 9.17) is 4.74 Å². The van der Waals surface area contributed by atoms with E-state index in [1.165, 1.54) is 13.2 Å². The van der Waals surface area contributed by atoms with Crippen LogP contribution in [0.25, 0.3) is 0 Å². The zero-order valence-electron chi connectivity index (χ0n) is 8.34. The summed E-state index contributed by atoms with van der Waals surface area (Å²) in [5.74, 6) is -0.120. The van der Waals surface area contributed by atoms with Crippen LogP contribution >= 0.6 is 0 Å². The van der Waals surface area contributed by atoms with E-state index < -0.39 is 0 Å². The quantitative estimate of drug-likeness (QED) is 0.690. The molecule has 0 aliphatic heterocycles. The summed E-state index contributed by atoms with van der Waals surface area (Å²) in [6.07, 6.45) is 1.73. The van der Waals surface area contributed by atoms with Gasteiger partial charge in [0.2, 0.25) is 0 Å². The molecule has 0 saturated heterocycles. The molecule has 2 nitrogen and oxygen atoms in total. The van der Waals surface area contributed by atoms with Crippen LogP contribution in [0.1, 0.15) is 17.5 Å². The van der Waals surface area contributed by atoms with Crippen molar-refractivity contribution in [2.45, 2.75) is 19.8 Å². The molecule has 0 bridgehead atoms. The summed E-state index contributed by atoms with van der Waals surface area (Å²) in [5.41, 5.74) is 1.58. The van der Waals surface area contributed by atoms with E-state index in [0.29, 0.717) is 12.8 Å². The molecule has 0 aromatic heterocycles. The first kappa shape index (κ1) is 10.7. The molecule has 0 N–H and O–H groups in total. The minimum Gasteiger partial charge on any atom is -0.493 e. The van der Waals surface area contributed by atoms with Crippen LogP contribution in [0, 0.1) is 12.7 Å². The molecule has 0 atom stereocenters. The van der Waals surface area contributed by atoms with Crippen LogP contribution in [-0.4, -0.2) is 13.4 Å². The summed E-state index contributed by atoms with van der Waals surface area (Å²) in [4.78, 5) is 10.2. The van der Waals surface area contributed by atoms with Gasteiger partial charge in [-0.25, -0.2) is 4.39 Å². The Balaban J connectivity index is 3.04. The minimum absolute atomic E-state index is 0.248. The van der Waals surface area contributed by atoms with Crippen molar-refractivity contribution in [2.75, 3.05) is 7.11 Å². The van der Waals surface area contributed by atoms with Crippen molar-refractivity contribution in [3.05, 3.63) is 29.1 Å². The van der Waals surface area contributed by atoms with E-state index in [1.54, 1.807) is 0 Å². The topological polar surface area (TPSA) is 26.3 Å². The first-order valence-electron chi connectivity index (χ1n) is 4.45. The molecule has 1 aromatic rings. The predicted molar refractivity (Wildman–Crippen MR) is 52.1 cm³/mol. The lowest BCUT2D eigenvalue weighted by Gasteiger charge is -2.09. The second-order valence-electron chi connectivity index (χ2n) is 3.14. The maximum absolute atomic E-state index is 13.3. The largest absolute Gasteiger partial charge is 0.493 e. The summed E-state index contributed by atoms with van der Waals surface area (Å²) in [6, 6.07) is 3.26. The number of hydrogen-bond acceptors (Lipinski definition) is 2. The van der Waals surface area contributed by atoms with Crippen molar-refractivity contribution >= 4 is 6.29 Å². The number of aldehydes is 1. The lowest BCUT2D eigenvalue weighted by molar-refractivity contribution is -0.107. The van der Waals surface area contributed by atoms with Crippen LogP contribution in [0.5, 0.6) is 5.75 Å². The Kier molecular flexibility index (Phi) is 3.63. The van der Waals surface area contributed by atoms with Crippen LogP contribution in [0.2, 0.25) is 0 Å². The van der Waals surface area contributed by atoms with E-state index in [1.807, 2.05) is 13.0 Å². The van der Waals surface area contributed by atoms with Gasteiger partial charge in [-0.1, -0.05) is 6.07 Å². The fourth-order valence-electron chi connectivity index (χ4n) is 1.43. The van der Waals surface area contributed by atoms with E-state index in [9.17, 15) is 9.18 Å². The standard InChI is InChI=1S/C11H13FO2/c1-8-6-9(4-3-5-13)11(14-2)10(12)7-8/h5-7H,3-4H2,1-2H3. The second kappa shape index (κ2) is 4.74. The average Bonchev–Trinajstić information content (AvgIpc) is 2.14. The SMILES string of the molecule is COc1c(F)cc(C)cc1CCC=O. The van der Waals surface area contributed by atoms with Gasteiger partial charge in [-0.3, -0.25) is 0 Å². The number of carbonyl (C=O) groups is 1. The Bertz CT molecular complexity index is 334. The number of carbonyl (C=O) groups excluding carboxylic acids is 1. The summed E-state index contributed by atoms with van der Waals surface area (Å²) >= 11 is 0. The molecule has 0 fully saturated rings. The van der Waals surface area contributed by atoms with Gasteiger partial charge in [-0.15, -0.1) is 0 Å². The molecule has 0 aliphatic carbocycles. The van der Waals surface area contributed by atoms with Crippen LogP contribution in [0.15, 0.2) is 12.1 Å². The number of halogens is 1. The van der Waals surface area contributed by atoms with E-state index >= 15 is 0 Å². The second-order valence-corrected chi connectivity index (χ2v) is 3.14. The molecule has 0 heterocycles.